The summed E-state index contributed by atoms with van der Waals surface area (Å²) in [5.41, 5.74) is 1.83. The van der Waals surface area contributed by atoms with Gasteiger partial charge in [0.15, 0.2) is 0 Å². The molecule has 102 valence electrons. The van der Waals surface area contributed by atoms with Gasteiger partial charge >= 0.3 is 5.97 Å². The van der Waals surface area contributed by atoms with Crippen LogP contribution in [0.25, 0.3) is 0 Å². The zero-order chi connectivity index (χ0) is 13.5. The molecule has 0 unspecified atom stereocenters. The number of ether oxygens (including phenoxy) is 1. The van der Waals surface area contributed by atoms with Gasteiger partial charge in [0.2, 0.25) is 0 Å². The molecule has 19 heavy (non-hydrogen) atoms. The molecule has 0 amide bonds. The van der Waals surface area contributed by atoms with Gasteiger partial charge in [-0.15, -0.1) is 0 Å². The summed E-state index contributed by atoms with van der Waals surface area (Å²) in [6, 6.07) is 8.23. The minimum absolute atomic E-state index is 0.198. The van der Waals surface area contributed by atoms with Crippen molar-refractivity contribution in [2.75, 3.05) is 13.7 Å². The number of hydrogen-bond donors (Lipinski definition) is 1. The molecule has 2 saturated carbocycles. The van der Waals surface area contributed by atoms with Crippen LogP contribution >= 0.6 is 0 Å². The first-order chi connectivity index (χ1) is 9.13. The van der Waals surface area contributed by atoms with E-state index in [-0.39, 0.29) is 5.41 Å². The average Bonchev–Trinajstić information content (AvgIpc) is 3.09. The number of carboxylic acid groups (broad SMARTS) is 1. The Balaban J connectivity index is 1.85. The fourth-order valence-electron chi connectivity index (χ4n) is 3.24. The van der Waals surface area contributed by atoms with Crippen LogP contribution in [-0.2, 0) is 20.4 Å². The third-order valence-corrected chi connectivity index (χ3v) is 4.94. The van der Waals surface area contributed by atoms with Gasteiger partial charge in [-0.25, -0.2) is 0 Å². The fraction of sp³-hybridized carbons (Fsp3) is 0.562. The minimum Gasteiger partial charge on any atom is -0.481 e. The number of hydrogen-bond acceptors (Lipinski definition) is 2. The SMILES string of the molecule is COCC1(c2ccc(C3(C(=O)O)CCC3)cc2)CC1. The van der Waals surface area contributed by atoms with Gasteiger partial charge in [-0.2, -0.15) is 0 Å². The second kappa shape index (κ2) is 4.34. The molecular weight excluding hydrogens is 240 g/mol. The van der Waals surface area contributed by atoms with Gasteiger partial charge in [-0.1, -0.05) is 30.7 Å². The van der Waals surface area contributed by atoms with E-state index >= 15 is 0 Å². The third-order valence-electron chi connectivity index (χ3n) is 4.94. The van der Waals surface area contributed by atoms with Crippen LogP contribution in [0.15, 0.2) is 24.3 Å². The van der Waals surface area contributed by atoms with Gasteiger partial charge in [-0.05, 0) is 36.8 Å². The molecule has 1 aromatic rings. The summed E-state index contributed by atoms with van der Waals surface area (Å²) in [7, 11) is 1.74. The van der Waals surface area contributed by atoms with Gasteiger partial charge in [0.1, 0.15) is 0 Å². The van der Waals surface area contributed by atoms with Crippen molar-refractivity contribution < 1.29 is 14.6 Å². The van der Waals surface area contributed by atoms with Crippen LogP contribution in [0.4, 0.5) is 0 Å². The topological polar surface area (TPSA) is 46.5 Å². The second-order valence-corrected chi connectivity index (χ2v) is 6.03. The number of benzene rings is 1. The molecule has 3 rings (SSSR count). The van der Waals surface area contributed by atoms with Gasteiger partial charge < -0.3 is 9.84 Å². The smallest absolute Gasteiger partial charge is 0.314 e. The van der Waals surface area contributed by atoms with E-state index in [0.717, 1.165) is 31.4 Å². The highest BCUT2D eigenvalue weighted by molar-refractivity contribution is 5.82. The Kier molecular flexibility index (Phi) is 2.90. The van der Waals surface area contributed by atoms with E-state index in [0.29, 0.717) is 0 Å². The van der Waals surface area contributed by atoms with E-state index in [1.807, 2.05) is 12.1 Å². The standard InChI is InChI=1S/C16H20O3/c1-19-11-15(9-10-15)12-3-5-13(6-4-12)16(14(17)18)7-2-8-16/h3-6H,2,7-11H2,1H3,(H,17,18). The molecule has 3 nitrogen and oxygen atoms in total. The largest absolute Gasteiger partial charge is 0.481 e. The van der Waals surface area contributed by atoms with Crippen molar-refractivity contribution in [2.24, 2.45) is 0 Å². The van der Waals surface area contributed by atoms with Crippen molar-refractivity contribution in [3.8, 4) is 0 Å². The van der Waals surface area contributed by atoms with Crippen molar-refractivity contribution >= 4 is 5.97 Å². The maximum atomic E-state index is 11.5. The van der Waals surface area contributed by atoms with E-state index in [4.69, 9.17) is 4.74 Å². The van der Waals surface area contributed by atoms with Crippen LogP contribution in [-0.4, -0.2) is 24.8 Å². The first-order valence-electron chi connectivity index (χ1n) is 6.96. The Morgan fingerprint density at radius 2 is 1.74 bits per heavy atom. The lowest BCUT2D eigenvalue weighted by atomic mass is 9.64. The molecule has 0 aliphatic heterocycles. The summed E-state index contributed by atoms with van der Waals surface area (Å²) in [4.78, 5) is 11.5. The molecule has 2 aliphatic carbocycles. The van der Waals surface area contributed by atoms with E-state index in [9.17, 15) is 9.90 Å². The second-order valence-electron chi connectivity index (χ2n) is 6.03. The Bertz CT molecular complexity index is 481. The molecule has 0 saturated heterocycles. The molecular formula is C16H20O3. The highest BCUT2D eigenvalue weighted by atomic mass is 16.5. The summed E-state index contributed by atoms with van der Waals surface area (Å²) in [5, 5.41) is 9.44. The molecule has 1 N–H and O–H groups in total. The molecule has 0 atom stereocenters. The summed E-state index contributed by atoms with van der Waals surface area (Å²) in [6.07, 6.45) is 4.89. The van der Waals surface area contributed by atoms with Crippen LogP contribution < -0.4 is 0 Å². The van der Waals surface area contributed by atoms with Crippen LogP contribution in [0.2, 0.25) is 0 Å². The predicted molar refractivity (Wildman–Crippen MR) is 72.4 cm³/mol. The Hall–Kier alpha value is -1.35. The Morgan fingerprint density at radius 3 is 2.11 bits per heavy atom. The first kappa shape index (κ1) is 12.7. The van der Waals surface area contributed by atoms with Crippen molar-refractivity contribution in [3.63, 3.8) is 0 Å². The highest BCUT2D eigenvalue weighted by Gasteiger charge is 2.47. The Labute approximate surface area is 113 Å². The monoisotopic (exact) mass is 260 g/mol. The fourth-order valence-corrected chi connectivity index (χ4v) is 3.24. The van der Waals surface area contributed by atoms with Gasteiger partial charge in [0, 0.05) is 12.5 Å². The van der Waals surface area contributed by atoms with Crippen LogP contribution in [0.3, 0.4) is 0 Å². The van der Waals surface area contributed by atoms with Crippen LogP contribution in [0.1, 0.15) is 43.2 Å². The van der Waals surface area contributed by atoms with E-state index in [2.05, 4.69) is 12.1 Å². The molecule has 0 heterocycles. The number of aliphatic carboxylic acids is 1. The van der Waals surface area contributed by atoms with Gasteiger partial charge in [-0.3, -0.25) is 4.79 Å². The Morgan fingerprint density at radius 1 is 1.16 bits per heavy atom. The maximum Gasteiger partial charge on any atom is 0.314 e. The van der Waals surface area contributed by atoms with Crippen LogP contribution in [0.5, 0.6) is 0 Å². The lowest BCUT2D eigenvalue weighted by Gasteiger charge is -2.38. The molecule has 0 spiro atoms. The van der Waals surface area contributed by atoms with Crippen molar-refractivity contribution in [2.45, 2.75) is 42.9 Å². The van der Waals surface area contributed by atoms with Crippen molar-refractivity contribution in [3.05, 3.63) is 35.4 Å². The van der Waals surface area contributed by atoms with Gasteiger partial charge in [0.25, 0.3) is 0 Å². The normalized spacial score (nSPS) is 22.6. The molecule has 0 radical (unpaired) electrons. The van der Waals surface area contributed by atoms with Crippen molar-refractivity contribution in [1.82, 2.24) is 0 Å². The van der Waals surface area contributed by atoms with Gasteiger partial charge in [0.05, 0.1) is 12.0 Å². The zero-order valence-corrected chi connectivity index (χ0v) is 11.3. The molecule has 1 aromatic carbocycles. The molecule has 2 fully saturated rings. The number of carboxylic acids is 1. The maximum absolute atomic E-state index is 11.5. The third kappa shape index (κ3) is 1.88. The first-order valence-corrected chi connectivity index (χ1v) is 6.96. The molecule has 0 bridgehead atoms. The zero-order valence-electron chi connectivity index (χ0n) is 11.3. The van der Waals surface area contributed by atoms with E-state index < -0.39 is 11.4 Å². The molecule has 2 aliphatic rings. The van der Waals surface area contributed by atoms with E-state index in [1.165, 1.54) is 18.4 Å². The molecule has 0 aromatic heterocycles. The van der Waals surface area contributed by atoms with E-state index in [1.54, 1.807) is 7.11 Å². The highest BCUT2D eigenvalue weighted by Crippen LogP contribution is 2.49. The number of rotatable bonds is 5. The number of carbonyl (C=O) groups is 1. The summed E-state index contributed by atoms with van der Waals surface area (Å²) in [6.45, 7) is 0.760. The summed E-state index contributed by atoms with van der Waals surface area (Å²) in [5.74, 6) is -0.676. The van der Waals surface area contributed by atoms with Crippen molar-refractivity contribution in [1.29, 1.82) is 0 Å². The minimum atomic E-state index is -0.676. The lowest BCUT2D eigenvalue weighted by molar-refractivity contribution is -0.147. The molecule has 3 heteroatoms. The average molecular weight is 260 g/mol. The van der Waals surface area contributed by atoms with Crippen LogP contribution in [0, 0.1) is 0 Å². The summed E-state index contributed by atoms with van der Waals surface area (Å²) < 4.78 is 5.30. The number of methoxy groups -OCH3 is 1. The predicted octanol–water partition coefficient (Wildman–Crippen LogP) is 2.87. The lowest BCUT2D eigenvalue weighted by Crippen LogP contribution is -2.42. The quantitative estimate of drug-likeness (QED) is 0.885. The summed E-state index contributed by atoms with van der Waals surface area (Å²) >= 11 is 0.